The molecule has 0 heterocycles. The molecule has 0 aromatic rings. The number of unbranched alkanes of at least 4 members (excludes halogenated alkanes) is 43. The van der Waals surface area contributed by atoms with Crippen molar-refractivity contribution < 1.29 is 20.1 Å². The molecule has 3 atom stereocenters. The third-order valence-electron chi connectivity index (χ3n) is 14.0. The molecule has 0 aliphatic heterocycles. The molecule has 386 valence electrons. The van der Waals surface area contributed by atoms with Crippen LogP contribution in [0.1, 0.15) is 328 Å². The predicted molar refractivity (Wildman–Crippen MR) is 287 cm³/mol. The van der Waals surface area contributed by atoms with Crippen LogP contribution in [0.2, 0.25) is 0 Å². The summed E-state index contributed by atoms with van der Waals surface area (Å²) in [6.07, 6.45) is 70.6. The van der Waals surface area contributed by atoms with E-state index in [0.717, 1.165) is 38.5 Å². The Kier molecular flexibility index (Phi) is 54.4. The normalized spacial score (nSPS) is 13.4. The highest BCUT2D eigenvalue weighted by atomic mass is 16.3. The molecule has 3 unspecified atom stereocenters. The van der Waals surface area contributed by atoms with E-state index in [1.54, 1.807) is 0 Å². The zero-order valence-corrected chi connectivity index (χ0v) is 44.1. The van der Waals surface area contributed by atoms with Gasteiger partial charge in [-0.3, -0.25) is 4.79 Å². The molecule has 0 rings (SSSR count). The van der Waals surface area contributed by atoms with E-state index in [4.69, 9.17) is 0 Å². The van der Waals surface area contributed by atoms with Crippen LogP contribution < -0.4 is 5.32 Å². The van der Waals surface area contributed by atoms with Crippen molar-refractivity contribution in [1.82, 2.24) is 5.32 Å². The summed E-state index contributed by atoms with van der Waals surface area (Å²) < 4.78 is 0. The molecule has 0 saturated heterocycles. The first kappa shape index (κ1) is 63.8. The second-order valence-electron chi connectivity index (χ2n) is 20.5. The molecular weight excluding hydrogens is 799 g/mol. The maximum absolute atomic E-state index is 12.5. The fourth-order valence-corrected chi connectivity index (χ4v) is 9.46. The number of aliphatic hydroxyl groups is 3. The zero-order chi connectivity index (χ0) is 47.2. The van der Waals surface area contributed by atoms with Gasteiger partial charge in [0.2, 0.25) is 5.91 Å². The first-order valence-corrected chi connectivity index (χ1v) is 29.6. The largest absolute Gasteiger partial charge is 0.394 e. The minimum Gasteiger partial charge on any atom is -0.394 e. The molecule has 0 aliphatic carbocycles. The lowest BCUT2D eigenvalue weighted by molar-refractivity contribution is -0.124. The van der Waals surface area contributed by atoms with E-state index in [1.165, 1.54) is 263 Å². The predicted octanol–water partition coefficient (Wildman–Crippen LogP) is 18.5. The molecule has 4 N–H and O–H groups in total. The van der Waals surface area contributed by atoms with Gasteiger partial charge in [-0.15, -0.1) is 0 Å². The number of amides is 1. The molecule has 5 nitrogen and oxygen atoms in total. The maximum atomic E-state index is 12.5. The average molecular weight is 917 g/mol. The van der Waals surface area contributed by atoms with Crippen molar-refractivity contribution >= 4 is 5.91 Å². The van der Waals surface area contributed by atoms with Crippen LogP contribution in [0.15, 0.2) is 24.3 Å². The summed E-state index contributed by atoms with van der Waals surface area (Å²) in [5, 5.41) is 33.8. The monoisotopic (exact) mass is 916 g/mol. The molecule has 0 saturated carbocycles. The van der Waals surface area contributed by atoms with Crippen molar-refractivity contribution in [1.29, 1.82) is 0 Å². The smallest absolute Gasteiger partial charge is 0.220 e. The molecule has 0 aromatic heterocycles. The Balaban J connectivity index is 3.54. The Labute approximate surface area is 407 Å². The first-order valence-electron chi connectivity index (χ1n) is 29.6. The second kappa shape index (κ2) is 55.4. The van der Waals surface area contributed by atoms with Crippen LogP contribution in [-0.2, 0) is 4.79 Å². The summed E-state index contributed by atoms with van der Waals surface area (Å²) in [5.41, 5.74) is 0. The Morgan fingerprint density at radius 3 is 0.892 bits per heavy atom. The summed E-state index contributed by atoms with van der Waals surface area (Å²) in [6.45, 7) is 4.21. The van der Waals surface area contributed by atoms with Gasteiger partial charge in [0.1, 0.15) is 6.10 Å². The molecule has 5 heteroatoms. The summed E-state index contributed by atoms with van der Waals surface area (Å²) >= 11 is 0. The van der Waals surface area contributed by atoms with Crippen LogP contribution in [0.4, 0.5) is 0 Å². The van der Waals surface area contributed by atoms with Crippen LogP contribution in [0, 0.1) is 0 Å². The summed E-state index contributed by atoms with van der Waals surface area (Å²) in [6, 6.07) is -0.826. The number of allylic oxidation sites excluding steroid dienone is 4. The first-order chi connectivity index (χ1) is 32.1. The number of carbonyl (C=O) groups is 1. The van der Waals surface area contributed by atoms with E-state index in [1.807, 2.05) is 0 Å². The highest BCUT2D eigenvalue weighted by molar-refractivity contribution is 5.76. The Morgan fingerprint density at radius 1 is 0.369 bits per heavy atom. The molecule has 0 aliphatic rings. The van der Waals surface area contributed by atoms with Crippen LogP contribution >= 0.6 is 0 Å². The minimum absolute atomic E-state index is 0.149. The van der Waals surface area contributed by atoms with E-state index in [2.05, 4.69) is 43.5 Å². The van der Waals surface area contributed by atoms with Gasteiger partial charge in [0, 0.05) is 6.42 Å². The lowest BCUT2D eigenvalue weighted by atomic mass is 10.0. The number of aliphatic hydroxyl groups excluding tert-OH is 3. The number of hydrogen-bond donors (Lipinski definition) is 4. The van der Waals surface area contributed by atoms with Crippen LogP contribution in [0.25, 0.3) is 0 Å². The van der Waals surface area contributed by atoms with Crippen molar-refractivity contribution in [2.75, 3.05) is 6.61 Å². The highest BCUT2D eigenvalue weighted by Gasteiger charge is 2.26. The quantitative estimate of drug-likeness (QED) is 0.0361. The van der Waals surface area contributed by atoms with E-state index < -0.39 is 18.2 Å². The summed E-state index contributed by atoms with van der Waals surface area (Å²) in [7, 11) is 0. The van der Waals surface area contributed by atoms with Crippen molar-refractivity contribution in [3.05, 3.63) is 24.3 Å². The van der Waals surface area contributed by atoms with Crippen LogP contribution in [-0.4, -0.2) is 46.1 Å². The van der Waals surface area contributed by atoms with Crippen molar-refractivity contribution in [2.24, 2.45) is 0 Å². The van der Waals surface area contributed by atoms with Gasteiger partial charge in [0.05, 0.1) is 18.8 Å². The standard InChI is InChI=1S/C60H117NO4/c1-3-5-7-9-11-13-15-17-19-21-23-25-27-28-29-30-31-33-35-37-39-41-43-45-47-49-51-53-55-59(64)61-57(56-62)60(65)58(63)54-52-50-48-46-44-42-40-38-36-34-32-26-24-22-20-18-16-14-12-10-8-6-4-2/h28-29,46,48,57-58,60,62-63,65H,3-27,30-45,47,49-56H2,1-2H3,(H,61,64)/b29-28-,48-46+. The molecule has 0 spiro atoms. The molecule has 0 aromatic carbocycles. The Bertz CT molecular complexity index is 967. The molecular formula is C60H117NO4. The SMILES string of the molecule is CCCCCCCCCCCCCC/C=C\CCCCCCCCCCCCCCC(=O)NC(CO)C(O)C(O)CCC/C=C/CCCCCCCCCCCCCCCCCCCC. The van der Waals surface area contributed by atoms with Crippen molar-refractivity contribution in [3.63, 3.8) is 0 Å². The molecule has 1 amide bonds. The lowest BCUT2D eigenvalue weighted by Crippen LogP contribution is -2.50. The van der Waals surface area contributed by atoms with Gasteiger partial charge >= 0.3 is 0 Å². The average Bonchev–Trinajstić information content (AvgIpc) is 3.31. The number of rotatable bonds is 55. The molecule has 0 radical (unpaired) electrons. The van der Waals surface area contributed by atoms with Gasteiger partial charge in [0.15, 0.2) is 0 Å². The fourth-order valence-electron chi connectivity index (χ4n) is 9.46. The zero-order valence-electron chi connectivity index (χ0n) is 44.1. The fraction of sp³-hybridized carbons (Fsp3) is 0.917. The van der Waals surface area contributed by atoms with E-state index in [-0.39, 0.29) is 12.5 Å². The molecule has 65 heavy (non-hydrogen) atoms. The highest BCUT2D eigenvalue weighted by Crippen LogP contribution is 2.18. The van der Waals surface area contributed by atoms with Gasteiger partial charge in [-0.25, -0.2) is 0 Å². The van der Waals surface area contributed by atoms with E-state index >= 15 is 0 Å². The van der Waals surface area contributed by atoms with Crippen LogP contribution in [0.5, 0.6) is 0 Å². The molecule has 0 fully saturated rings. The number of carbonyl (C=O) groups excluding carboxylic acids is 1. The van der Waals surface area contributed by atoms with Crippen LogP contribution in [0.3, 0.4) is 0 Å². The minimum atomic E-state index is -1.16. The third kappa shape index (κ3) is 50.5. The molecule has 0 bridgehead atoms. The Hall–Kier alpha value is -1.17. The number of nitrogens with one attached hydrogen (secondary N) is 1. The summed E-state index contributed by atoms with van der Waals surface area (Å²) in [5.74, 6) is -0.149. The van der Waals surface area contributed by atoms with Gasteiger partial charge in [-0.1, -0.05) is 282 Å². The third-order valence-corrected chi connectivity index (χ3v) is 14.0. The van der Waals surface area contributed by atoms with Crippen molar-refractivity contribution in [3.8, 4) is 0 Å². The second-order valence-corrected chi connectivity index (χ2v) is 20.5. The maximum Gasteiger partial charge on any atom is 0.220 e. The topological polar surface area (TPSA) is 89.8 Å². The summed E-state index contributed by atoms with van der Waals surface area (Å²) in [4.78, 5) is 12.5. The van der Waals surface area contributed by atoms with Gasteiger partial charge in [-0.05, 0) is 64.2 Å². The van der Waals surface area contributed by atoms with Gasteiger partial charge in [-0.2, -0.15) is 0 Å². The number of hydrogen-bond acceptors (Lipinski definition) is 4. The lowest BCUT2D eigenvalue weighted by Gasteiger charge is -2.26. The van der Waals surface area contributed by atoms with E-state index in [9.17, 15) is 20.1 Å². The Morgan fingerprint density at radius 2 is 0.615 bits per heavy atom. The van der Waals surface area contributed by atoms with E-state index in [0.29, 0.717) is 12.8 Å². The van der Waals surface area contributed by atoms with Crippen molar-refractivity contribution in [2.45, 2.75) is 347 Å². The van der Waals surface area contributed by atoms with Gasteiger partial charge in [0.25, 0.3) is 0 Å². The van der Waals surface area contributed by atoms with Gasteiger partial charge < -0.3 is 20.6 Å².